The molecule has 1 aliphatic rings. The lowest BCUT2D eigenvalue weighted by molar-refractivity contribution is 0.0968. The fourth-order valence-electron chi connectivity index (χ4n) is 4.43. The first-order valence-corrected chi connectivity index (χ1v) is 11.6. The van der Waals surface area contributed by atoms with Gasteiger partial charge in [-0.15, -0.1) is 0 Å². The molecule has 4 aromatic rings. The van der Waals surface area contributed by atoms with Crippen LogP contribution in [0.25, 0.3) is 0 Å². The van der Waals surface area contributed by atoms with Crippen molar-refractivity contribution in [2.45, 2.75) is 12.7 Å². The van der Waals surface area contributed by atoms with Crippen molar-refractivity contribution in [2.24, 2.45) is 0 Å². The molecule has 1 atom stereocenters. The van der Waals surface area contributed by atoms with Crippen LogP contribution in [0.5, 0.6) is 5.75 Å². The van der Waals surface area contributed by atoms with Gasteiger partial charge in [-0.2, -0.15) is 0 Å². The van der Waals surface area contributed by atoms with Crippen molar-refractivity contribution in [3.8, 4) is 5.75 Å². The Kier molecular flexibility index (Phi) is 5.88. The highest BCUT2D eigenvalue weighted by Crippen LogP contribution is 2.45. The quantitative estimate of drug-likeness (QED) is 0.302. The number of benzene rings is 4. The fourth-order valence-corrected chi connectivity index (χ4v) is 4.81. The number of para-hydroxylation sites is 2. The summed E-state index contributed by atoms with van der Waals surface area (Å²) in [5.41, 5.74) is 4.50. The first kappa shape index (κ1) is 21.3. The summed E-state index contributed by atoms with van der Waals surface area (Å²) in [5, 5.41) is 0. The number of carbonyl (C=O) groups excluding carboxylic acids is 1. The van der Waals surface area contributed by atoms with Crippen LogP contribution in [-0.4, -0.2) is 13.0 Å². The SMILES string of the molecule is COc1ccc(Br)cc1[C@H]1N(Cc2ccccc2)c2ccccc2C(=O)N1c1ccccc1. The van der Waals surface area contributed by atoms with Crippen molar-refractivity contribution in [1.29, 1.82) is 0 Å². The second-order valence-electron chi connectivity index (χ2n) is 7.90. The van der Waals surface area contributed by atoms with E-state index in [0.717, 1.165) is 32.7 Å². The van der Waals surface area contributed by atoms with E-state index in [9.17, 15) is 4.79 Å². The van der Waals surface area contributed by atoms with E-state index in [-0.39, 0.29) is 5.91 Å². The number of methoxy groups -OCH3 is 1. The predicted octanol–water partition coefficient (Wildman–Crippen LogP) is 6.82. The van der Waals surface area contributed by atoms with Crippen molar-refractivity contribution in [3.63, 3.8) is 0 Å². The number of hydrogen-bond acceptors (Lipinski definition) is 3. The van der Waals surface area contributed by atoms with Crippen LogP contribution in [0.3, 0.4) is 0 Å². The highest BCUT2D eigenvalue weighted by Gasteiger charge is 2.40. The third kappa shape index (κ3) is 4.00. The van der Waals surface area contributed by atoms with E-state index in [1.165, 1.54) is 0 Å². The van der Waals surface area contributed by atoms with E-state index in [2.05, 4.69) is 33.0 Å². The second-order valence-corrected chi connectivity index (χ2v) is 8.82. The third-order valence-corrected chi connectivity index (χ3v) is 6.40. The fraction of sp³-hybridized carbons (Fsp3) is 0.107. The van der Waals surface area contributed by atoms with Gasteiger partial charge in [-0.05, 0) is 48.0 Å². The molecule has 0 unspecified atom stereocenters. The van der Waals surface area contributed by atoms with E-state index in [0.29, 0.717) is 12.1 Å². The number of ether oxygens (including phenoxy) is 1. The number of fused-ring (bicyclic) bond motifs is 1. The van der Waals surface area contributed by atoms with Crippen LogP contribution in [0.4, 0.5) is 11.4 Å². The molecule has 0 fully saturated rings. The van der Waals surface area contributed by atoms with Gasteiger partial charge in [-0.1, -0.05) is 76.6 Å². The number of carbonyl (C=O) groups is 1. The van der Waals surface area contributed by atoms with Crippen LogP contribution in [-0.2, 0) is 6.54 Å². The molecular formula is C28H23BrN2O2. The first-order chi connectivity index (χ1) is 16.2. The number of anilines is 2. The van der Waals surface area contributed by atoms with Crippen LogP contribution in [0.1, 0.15) is 27.7 Å². The van der Waals surface area contributed by atoms with Gasteiger partial charge in [-0.25, -0.2) is 0 Å². The molecule has 5 heteroatoms. The number of nitrogens with zero attached hydrogens (tertiary/aromatic N) is 2. The molecule has 1 aliphatic heterocycles. The standard InChI is InChI=1S/C28H23BrN2O2/c1-33-26-17-16-21(29)18-24(26)27-30(19-20-10-4-2-5-11-20)25-15-9-8-14-23(25)28(32)31(27)22-12-6-3-7-13-22/h2-18,27H,19H2,1H3/t27-/m0/s1. The molecule has 0 aliphatic carbocycles. The molecule has 4 aromatic carbocycles. The Bertz CT molecular complexity index is 1280. The van der Waals surface area contributed by atoms with Crippen molar-refractivity contribution >= 4 is 33.2 Å². The summed E-state index contributed by atoms with van der Waals surface area (Å²) in [5.74, 6) is 0.697. The number of amides is 1. The summed E-state index contributed by atoms with van der Waals surface area (Å²) in [7, 11) is 1.67. The van der Waals surface area contributed by atoms with Gasteiger partial charge >= 0.3 is 0 Å². The minimum absolute atomic E-state index is 0.0341. The molecule has 1 amide bonds. The largest absolute Gasteiger partial charge is 0.496 e. The Morgan fingerprint density at radius 2 is 1.52 bits per heavy atom. The van der Waals surface area contributed by atoms with E-state index in [4.69, 9.17) is 4.74 Å². The molecular weight excluding hydrogens is 476 g/mol. The zero-order valence-electron chi connectivity index (χ0n) is 18.2. The number of halogens is 1. The van der Waals surface area contributed by atoms with Crippen LogP contribution in [0, 0.1) is 0 Å². The maximum absolute atomic E-state index is 13.9. The lowest BCUT2D eigenvalue weighted by atomic mass is 9.98. The highest BCUT2D eigenvalue weighted by atomic mass is 79.9. The van der Waals surface area contributed by atoms with Crippen molar-refractivity contribution in [3.05, 3.63) is 124 Å². The molecule has 0 aromatic heterocycles. The van der Waals surface area contributed by atoms with E-state index >= 15 is 0 Å². The van der Waals surface area contributed by atoms with Crippen molar-refractivity contribution < 1.29 is 9.53 Å². The zero-order valence-corrected chi connectivity index (χ0v) is 19.8. The van der Waals surface area contributed by atoms with Crippen LogP contribution >= 0.6 is 15.9 Å². The molecule has 33 heavy (non-hydrogen) atoms. The maximum atomic E-state index is 13.9. The minimum atomic E-state index is -0.401. The van der Waals surface area contributed by atoms with Gasteiger partial charge in [0.05, 0.1) is 18.4 Å². The Balaban J connectivity index is 1.77. The average molecular weight is 499 g/mol. The second kappa shape index (κ2) is 9.12. The van der Waals surface area contributed by atoms with Crippen molar-refractivity contribution in [1.82, 2.24) is 0 Å². The van der Waals surface area contributed by atoms with Gasteiger partial charge in [0.2, 0.25) is 0 Å². The number of rotatable bonds is 5. The Hall–Kier alpha value is -3.57. The Labute approximate surface area is 202 Å². The smallest absolute Gasteiger partial charge is 0.262 e. The Morgan fingerprint density at radius 1 is 0.848 bits per heavy atom. The molecule has 4 nitrogen and oxygen atoms in total. The van der Waals surface area contributed by atoms with Gasteiger partial charge in [0.1, 0.15) is 11.9 Å². The lowest BCUT2D eigenvalue weighted by Gasteiger charge is -2.46. The summed E-state index contributed by atoms with van der Waals surface area (Å²) in [6.45, 7) is 0.634. The van der Waals surface area contributed by atoms with Gasteiger partial charge in [-0.3, -0.25) is 9.69 Å². The molecule has 0 spiro atoms. The minimum Gasteiger partial charge on any atom is -0.496 e. The van der Waals surface area contributed by atoms with Gasteiger partial charge in [0.25, 0.3) is 5.91 Å². The summed E-state index contributed by atoms with van der Waals surface area (Å²) in [6, 6.07) is 33.9. The summed E-state index contributed by atoms with van der Waals surface area (Å²) in [6.07, 6.45) is -0.401. The zero-order chi connectivity index (χ0) is 22.8. The normalized spacial score (nSPS) is 15.3. The molecule has 0 N–H and O–H groups in total. The van der Waals surface area contributed by atoms with Gasteiger partial charge in [0.15, 0.2) is 0 Å². The molecule has 164 valence electrons. The first-order valence-electron chi connectivity index (χ1n) is 10.8. The molecule has 0 bridgehead atoms. The van der Waals surface area contributed by atoms with E-state index in [1.54, 1.807) is 7.11 Å². The third-order valence-electron chi connectivity index (χ3n) is 5.90. The van der Waals surface area contributed by atoms with Gasteiger partial charge in [0, 0.05) is 22.3 Å². The summed E-state index contributed by atoms with van der Waals surface area (Å²) < 4.78 is 6.70. The lowest BCUT2D eigenvalue weighted by Crippen LogP contribution is -2.49. The molecule has 0 saturated heterocycles. The van der Waals surface area contributed by atoms with E-state index in [1.807, 2.05) is 95.9 Å². The number of hydrogen-bond donors (Lipinski definition) is 0. The van der Waals surface area contributed by atoms with Gasteiger partial charge < -0.3 is 9.64 Å². The van der Waals surface area contributed by atoms with E-state index < -0.39 is 6.17 Å². The average Bonchev–Trinajstić information content (AvgIpc) is 2.86. The topological polar surface area (TPSA) is 32.8 Å². The van der Waals surface area contributed by atoms with Crippen LogP contribution in [0.15, 0.2) is 108 Å². The summed E-state index contributed by atoms with van der Waals surface area (Å²) in [4.78, 5) is 18.1. The van der Waals surface area contributed by atoms with Crippen LogP contribution < -0.4 is 14.5 Å². The molecule has 0 radical (unpaired) electrons. The Morgan fingerprint density at radius 3 is 2.24 bits per heavy atom. The maximum Gasteiger partial charge on any atom is 0.262 e. The molecule has 1 heterocycles. The summed E-state index contributed by atoms with van der Waals surface area (Å²) >= 11 is 3.62. The molecule has 5 rings (SSSR count). The van der Waals surface area contributed by atoms with Crippen LogP contribution in [0.2, 0.25) is 0 Å². The predicted molar refractivity (Wildman–Crippen MR) is 136 cm³/mol. The highest BCUT2D eigenvalue weighted by molar-refractivity contribution is 9.10. The van der Waals surface area contributed by atoms with Crippen molar-refractivity contribution in [2.75, 3.05) is 16.9 Å². The molecule has 0 saturated carbocycles. The monoisotopic (exact) mass is 498 g/mol.